The summed E-state index contributed by atoms with van der Waals surface area (Å²) in [5.74, 6) is -3.79. The Balaban J connectivity index is 1.53. The Morgan fingerprint density at radius 1 is 0.816 bits per heavy atom. The second-order valence-electron chi connectivity index (χ2n) is 13.4. The third-order valence-corrected chi connectivity index (χ3v) is 13.0. The second kappa shape index (κ2) is 13.8. The minimum Gasteiger partial charge on any atom is -0.481 e. The minimum absolute atomic E-state index is 0.0978. The number of carboxylic acid groups (broad SMARTS) is 1. The molecule has 1 N–H and O–H groups in total. The van der Waals surface area contributed by atoms with Crippen molar-refractivity contribution in [2.75, 3.05) is 19.7 Å². The van der Waals surface area contributed by atoms with Gasteiger partial charge in [-0.3, -0.25) is 9.59 Å². The van der Waals surface area contributed by atoms with Gasteiger partial charge in [-0.05, 0) is 80.7 Å². The van der Waals surface area contributed by atoms with Crippen LogP contribution in [0.3, 0.4) is 0 Å². The summed E-state index contributed by atoms with van der Waals surface area (Å²) in [4.78, 5) is 25.9. The number of halogens is 7. The van der Waals surface area contributed by atoms with Gasteiger partial charge in [-0.2, -0.15) is 26.3 Å². The molecule has 270 valence electrons. The van der Waals surface area contributed by atoms with E-state index in [1.165, 1.54) is 4.90 Å². The molecule has 5 rings (SSSR count). The van der Waals surface area contributed by atoms with Crippen LogP contribution in [-0.4, -0.2) is 62.3 Å². The highest BCUT2D eigenvalue weighted by Gasteiger charge is 2.73. The first kappa shape index (κ1) is 37.1. The van der Waals surface area contributed by atoms with Crippen molar-refractivity contribution in [2.24, 2.45) is 17.8 Å². The summed E-state index contributed by atoms with van der Waals surface area (Å²) >= 11 is 0. The van der Waals surface area contributed by atoms with Crippen molar-refractivity contribution in [1.29, 1.82) is 0 Å². The predicted octanol–water partition coefficient (Wildman–Crippen LogP) is 7.54. The number of likely N-dealkylation sites (tertiary alicyclic amines) is 1. The number of ether oxygens (including phenoxy) is 1. The van der Waals surface area contributed by atoms with Crippen molar-refractivity contribution in [3.8, 4) is 0 Å². The van der Waals surface area contributed by atoms with Crippen LogP contribution in [0.4, 0.5) is 30.7 Å². The number of amides is 1. The normalized spacial score (nSPS) is 24.6. The summed E-state index contributed by atoms with van der Waals surface area (Å²) in [6.45, 7) is -1.33. The molecule has 1 amide bonds. The molecule has 2 aromatic carbocycles. The van der Waals surface area contributed by atoms with Crippen LogP contribution in [0.25, 0.3) is 0 Å². The zero-order chi connectivity index (χ0) is 35.8. The average Bonchev–Trinajstić information content (AvgIpc) is 3.52. The molecule has 15 heteroatoms. The van der Waals surface area contributed by atoms with E-state index >= 15 is 0 Å². The number of rotatable bonds is 9. The highest BCUT2D eigenvalue weighted by atomic mass is 32.2. The molecule has 1 heterocycles. The molecule has 0 spiro atoms. The van der Waals surface area contributed by atoms with E-state index in [9.17, 15) is 53.8 Å². The lowest BCUT2D eigenvalue weighted by Gasteiger charge is -2.39. The van der Waals surface area contributed by atoms with Crippen molar-refractivity contribution in [3.05, 3.63) is 65.5 Å². The standard InChI is InChI=1S/C34H38F7NO6S/c35-27-14-16-28(17-15-27)49(46,47)31(18-19-42(21-31)29(43)23-6-8-24(9-7-23)30(44)45)25-10-12-26(13-11-25)32(33(36,37)38,34(39,40)41)48-20-22-4-2-1-3-5-22/h10-17,22-24H,1-9,18-21H2,(H,44,45). The number of sulfone groups is 1. The lowest BCUT2D eigenvalue weighted by Crippen LogP contribution is -2.56. The van der Waals surface area contributed by atoms with E-state index in [1.54, 1.807) is 0 Å². The molecule has 1 aliphatic heterocycles. The van der Waals surface area contributed by atoms with Gasteiger partial charge in [0.1, 0.15) is 10.6 Å². The first-order valence-electron chi connectivity index (χ1n) is 16.3. The van der Waals surface area contributed by atoms with Gasteiger partial charge in [-0.15, -0.1) is 0 Å². The number of carbonyl (C=O) groups excluding carboxylic acids is 1. The van der Waals surface area contributed by atoms with Crippen LogP contribution >= 0.6 is 0 Å². The fraction of sp³-hybridized carbons (Fsp3) is 0.588. The number of aliphatic carboxylic acids is 1. The minimum atomic E-state index is -5.92. The Morgan fingerprint density at radius 3 is 1.90 bits per heavy atom. The van der Waals surface area contributed by atoms with Crippen LogP contribution in [0.5, 0.6) is 0 Å². The van der Waals surface area contributed by atoms with Gasteiger partial charge in [-0.1, -0.05) is 43.5 Å². The Hall–Kier alpha value is -3.20. The number of carbonyl (C=O) groups is 2. The summed E-state index contributed by atoms with van der Waals surface area (Å²) < 4.78 is 133. The first-order valence-corrected chi connectivity index (χ1v) is 17.8. The third kappa shape index (κ3) is 6.93. The van der Waals surface area contributed by atoms with Gasteiger partial charge in [0.05, 0.1) is 17.4 Å². The molecule has 1 atom stereocenters. The van der Waals surface area contributed by atoms with Crippen LogP contribution in [0, 0.1) is 23.6 Å². The van der Waals surface area contributed by atoms with Crippen LogP contribution in [0.1, 0.15) is 75.3 Å². The number of nitrogens with zero attached hydrogens (tertiary/aromatic N) is 1. The van der Waals surface area contributed by atoms with Gasteiger partial charge in [0.25, 0.3) is 5.60 Å². The largest absolute Gasteiger partial charge is 0.481 e. The molecule has 2 aliphatic carbocycles. The molecule has 2 saturated carbocycles. The van der Waals surface area contributed by atoms with E-state index in [0.29, 0.717) is 37.8 Å². The Kier molecular flexibility index (Phi) is 10.5. The van der Waals surface area contributed by atoms with Gasteiger partial charge < -0.3 is 14.7 Å². The van der Waals surface area contributed by atoms with Crippen molar-refractivity contribution >= 4 is 21.7 Å². The lowest BCUT2D eigenvalue weighted by atomic mass is 9.81. The van der Waals surface area contributed by atoms with E-state index in [2.05, 4.69) is 0 Å². The lowest BCUT2D eigenvalue weighted by molar-refractivity contribution is -0.391. The Bertz CT molecular complexity index is 1580. The van der Waals surface area contributed by atoms with Crippen LogP contribution in [-0.2, 0) is 34.5 Å². The summed E-state index contributed by atoms with van der Waals surface area (Å²) in [5, 5.41) is 9.31. The first-order chi connectivity index (χ1) is 22.9. The molecule has 0 bridgehead atoms. The molecule has 3 aliphatic rings. The topological polar surface area (TPSA) is 101 Å². The molecule has 0 radical (unpaired) electrons. The monoisotopic (exact) mass is 721 g/mol. The number of benzene rings is 2. The molecule has 2 aromatic rings. The quantitative estimate of drug-likeness (QED) is 0.212. The smallest absolute Gasteiger partial charge is 0.430 e. The van der Waals surface area contributed by atoms with Crippen molar-refractivity contribution < 1.29 is 58.6 Å². The maximum absolute atomic E-state index is 14.6. The SMILES string of the molecule is O=C(O)C1CCC(C(=O)N2CCC(c3ccc(C(OCC4CCCCC4)(C(F)(F)F)C(F)(F)F)cc3)(S(=O)(=O)c3ccc(F)cc3)C2)CC1. The van der Waals surface area contributed by atoms with Gasteiger partial charge in [0, 0.05) is 24.6 Å². The summed E-state index contributed by atoms with van der Waals surface area (Å²) in [6.07, 6.45) is -8.02. The van der Waals surface area contributed by atoms with Gasteiger partial charge in [-0.25, -0.2) is 12.8 Å². The zero-order valence-corrected chi connectivity index (χ0v) is 27.3. The molecular formula is C34H38F7NO6S. The third-order valence-electron chi connectivity index (χ3n) is 10.5. The van der Waals surface area contributed by atoms with Gasteiger partial charge in [0.2, 0.25) is 5.91 Å². The highest BCUT2D eigenvalue weighted by molar-refractivity contribution is 7.92. The van der Waals surface area contributed by atoms with E-state index in [1.807, 2.05) is 0 Å². The maximum Gasteiger partial charge on any atom is 0.430 e. The fourth-order valence-corrected chi connectivity index (χ4v) is 9.68. The Morgan fingerprint density at radius 2 is 1.37 bits per heavy atom. The average molecular weight is 722 g/mol. The zero-order valence-electron chi connectivity index (χ0n) is 26.5. The molecular weight excluding hydrogens is 683 g/mol. The van der Waals surface area contributed by atoms with E-state index in [4.69, 9.17) is 4.74 Å². The highest BCUT2D eigenvalue weighted by Crippen LogP contribution is 2.54. The second-order valence-corrected chi connectivity index (χ2v) is 15.7. The maximum atomic E-state index is 14.6. The predicted molar refractivity (Wildman–Crippen MR) is 162 cm³/mol. The number of hydrogen-bond acceptors (Lipinski definition) is 5. The van der Waals surface area contributed by atoms with Crippen LogP contribution < -0.4 is 0 Å². The number of carboxylic acids is 1. The molecule has 1 unspecified atom stereocenters. The van der Waals surface area contributed by atoms with E-state index < -0.39 is 86.7 Å². The summed E-state index contributed by atoms with van der Waals surface area (Å²) in [6, 6.07) is 6.80. The van der Waals surface area contributed by atoms with Gasteiger partial charge in [0.15, 0.2) is 9.84 Å². The molecule has 0 aromatic heterocycles. The molecule has 3 fully saturated rings. The van der Waals surface area contributed by atoms with E-state index in [0.717, 1.165) is 42.8 Å². The van der Waals surface area contributed by atoms with Crippen molar-refractivity contribution in [2.45, 2.75) is 91.8 Å². The van der Waals surface area contributed by atoms with Crippen molar-refractivity contribution in [3.63, 3.8) is 0 Å². The van der Waals surface area contributed by atoms with Crippen LogP contribution in [0.2, 0.25) is 0 Å². The number of hydrogen-bond donors (Lipinski definition) is 1. The summed E-state index contributed by atoms with van der Waals surface area (Å²) in [5.41, 5.74) is -6.08. The molecule has 49 heavy (non-hydrogen) atoms. The van der Waals surface area contributed by atoms with Crippen LogP contribution in [0.15, 0.2) is 53.4 Å². The van der Waals surface area contributed by atoms with Crippen molar-refractivity contribution in [1.82, 2.24) is 4.90 Å². The van der Waals surface area contributed by atoms with E-state index in [-0.39, 0.29) is 49.1 Å². The van der Waals surface area contributed by atoms with Gasteiger partial charge >= 0.3 is 18.3 Å². The fourth-order valence-electron chi connectivity index (χ4n) is 7.61. The summed E-state index contributed by atoms with van der Waals surface area (Å²) in [7, 11) is -4.53. The number of alkyl halides is 6. The Labute approximate surface area is 279 Å². The molecule has 7 nitrogen and oxygen atoms in total. The molecule has 1 saturated heterocycles.